The van der Waals surface area contributed by atoms with Crippen LogP contribution in [-0.2, 0) is 19.1 Å². The Labute approximate surface area is 166 Å². The molecule has 0 radical (unpaired) electrons. The van der Waals surface area contributed by atoms with E-state index in [4.69, 9.17) is 4.74 Å². The van der Waals surface area contributed by atoms with Gasteiger partial charge in [0, 0.05) is 49.5 Å². The van der Waals surface area contributed by atoms with Crippen molar-refractivity contribution >= 4 is 29.1 Å². The fraction of sp³-hybridized carbons (Fsp3) is 0.571. The molecule has 1 unspecified atom stereocenters. The molecule has 28 heavy (non-hydrogen) atoms. The lowest BCUT2D eigenvalue weighted by Crippen LogP contribution is -2.43. The van der Waals surface area contributed by atoms with Crippen LogP contribution in [0.3, 0.4) is 0 Å². The Kier molecular flexibility index (Phi) is 6.67. The number of anilines is 2. The molecule has 3 rings (SSSR count). The van der Waals surface area contributed by atoms with Gasteiger partial charge in [0.2, 0.25) is 17.7 Å². The fourth-order valence-electron chi connectivity index (χ4n) is 3.88. The van der Waals surface area contributed by atoms with E-state index >= 15 is 0 Å². The van der Waals surface area contributed by atoms with Gasteiger partial charge in [-0.25, -0.2) is 0 Å². The van der Waals surface area contributed by atoms with Crippen LogP contribution in [0.15, 0.2) is 24.3 Å². The molecule has 7 heteroatoms. The topological polar surface area (TPSA) is 79.0 Å². The Morgan fingerprint density at radius 3 is 2.61 bits per heavy atom. The van der Waals surface area contributed by atoms with Gasteiger partial charge < -0.3 is 19.9 Å². The molecule has 3 amide bonds. The molecule has 2 heterocycles. The standard InChI is InChI=1S/C21H29N3O4/c1-3-28-14-20(26)23-11-9-16(10-12-23)21(27)22-17-5-4-6-18(13-17)24-15(2)7-8-19(24)25/h4-6,13,15-16H,3,7-12,14H2,1-2H3,(H,22,27). The quantitative estimate of drug-likeness (QED) is 0.813. The van der Waals surface area contributed by atoms with Gasteiger partial charge >= 0.3 is 0 Å². The first-order valence-corrected chi connectivity index (χ1v) is 10.1. The number of benzene rings is 1. The summed E-state index contributed by atoms with van der Waals surface area (Å²) in [5, 5.41) is 2.98. The minimum absolute atomic E-state index is 0.0159. The molecule has 0 spiro atoms. The Balaban J connectivity index is 1.55. The number of piperidine rings is 1. The molecule has 1 aromatic rings. The minimum atomic E-state index is -0.118. The van der Waals surface area contributed by atoms with Gasteiger partial charge in [0.15, 0.2) is 0 Å². The van der Waals surface area contributed by atoms with Crippen LogP contribution in [0.25, 0.3) is 0 Å². The van der Waals surface area contributed by atoms with Crippen LogP contribution in [0.4, 0.5) is 11.4 Å². The number of nitrogens with zero attached hydrogens (tertiary/aromatic N) is 2. The molecule has 2 aliphatic rings. The highest BCUT2D eigenvalue weighted by Crippen LogP contribution is 2.29. The first-order valence-electron chi connectivity index (χ1n) is 10.1. The molecular weight excluding hydrogens is 358 g/mol. The van der Waals surface area contributed by atoms with E-state index in [2.05, 4.69) is 5.32 Å². The summed E-state index contributed by atoms with van der Waals surface area (Å²) < 4.78 is 5.17. The van der Waals surface area contributed by atoms with Crippen molar-refractivity contribution in [3.63, 3.8) is 0 Å². The van der Waals surface area contributed by atoms with Crippen molar-refractivity contribution in [1.29, 1.82) is 0 Å². The second-order valence-corrected chi connectivity index (χ2v) is 7.48. The number of rotatable bonds is 6. The van der Waals surface area contributed by atoms with E-state index in [1.165, 1.54) is 0 Å². The van der Waals surface area contributed by atoms with Crippen LogP contribution in [0.1, 0.15) is 39.5 Å². The average Bonchev–Trinajstić information content (AvgIpc) is 3.04. The highest BCUT2D eigenvalue weighted by molar-refractivity contribution is 5.98. The van der Waals surface area contributed by atoms with Crippen molar-refractivity contribution in [2.75, 3.05) is 36.5 Å². The summed E-state index contributed by atoms with van der Waals surface area (Å²) in [5.74, 6) is -0.0418. The number of hydrogen-bond acceptors (Lipinski definition) is 4. The molecule has 0 aromatic heterocycles. The summed E-state index contributed by atoms with van der Waals surface area (Å²) in [5.41, 5.74) is 1.52. The van der Waals surface area contributed by atoms with Crippen molar-refractivity contribution in [1.82, 2.24) is 4.90 Å². The van der Waals surface area contributed by atoms with Gasteiger partial charge in [-0.15, -0.1) is 0 Å². The normalized spacial score (nSPS) is 20.5. The monoisotopic (exact) mass is 387 g/mol. The summed E-state index contributed by atoms with van der Waals surface area (Å²) in [6.45, 7) is 5.67. The molecule has 2 saturated heterocycles. The zero-order valence-corrected chi connectivity index (χ0v) is 16.6. The maximum Gasteiger partial charge on any atom is 0.248 e. The van der Waals surface area contributed by atoms with E-state index in [9.17, 15) is 14.4 Å². The lowest BCUT2D eigenvalue weighted by Gasteiger charge is -2.31. The van der Waals surface area contributed by atoms with Crippen molar-refractivity contribution in [3.05, 3.63) is 24.3 Å². The van der Waals surface area contributed by atoms with E-state index in [1.807, 2.05) is 38.1 Å². The van der Waals surface area contributed by atoms with E-state index in [0.717, 1.165) is 12.1 Å². The van der Waals surface area contributed by atoms with Crippen LogP contribution in [0, 0.1) is 5.92 Å². The summed E-state index contributed by atoms with van der Waals surface area (Å²) in [6, 6.07) is 7.64. The number of carbonyl (C=O) groups excluding carboxylic acids is 3. The van der Waals surface area contributed by atoms with Gasteiger partial charge in [0.25, 0.3) is 0 Å². The summed E-state index contributed by atoms with van der Waals surface area (Å²) in [4.78, 5) is 40.3. The molecule has 152 valence electrons. The number of likely N-dealkylation sites (tertiary alicyclic amines) is 1. The Morgan fingerprint density at radius 2 is 1.96 bits per heavy atom. The van der Waals surface area contributed by atoms with Gasteiger partial charge in [-0.05, 0) is 51.3 Å². The number of nitrogens with one attached hydrogen (secondary N) is 1. The van der Waals surface area contributed by atoms with Gasteiger partial charge in [0.1, 0.15) is 6.61 Å². The molecule has 0 aliphatic carbocycles. The maximum absolute atomic E-state index is 12.7. The van der Waals surface area contributed by atoms with Gasteiger partial charge in [-0.3, -0.25) is 14.4 Å². The second-order valence-electron chi connectivity index (χ2n) is 7.48. The highest BCUT2D eigenvalue weighted by atomic mass is 16.5. The number of carbonyl (C=O) groups is 3. The molecule has 0 saturated carbocycles. The lowest BCUT2D eigenvalue weighted by molar-refractivity contribution is -0.138. The van der Waals surface area contributed by atoms with Gasteiger partial charge in [-0.2, -0.15) is 0 Å². The minimum Gasteiger partial charge on any atom is -0.372 e. The molecule has 2 fully saturated rings. The van der Waals surface area contributed by atoms with E-state index in [-0.39, 0.29) is 36.3 Å². The van der Waals surface area contributed by atoms with Gasteiger partial charge in [-0.1, -0.05) is 6.07 Å². The van der Waals surface area contributed by atoms with Crippen LogP contribution >= 0.6 is 0 Å². The predicted molar refractivity (Wildman–Crippen MR) is 107 cm³/mol. The van der Waals surface area contributed by atoms with Crippen LogP contribution < -0.4 is 10.2 Å². The average molecular weight is 387 g/mol. The third-order valence-corrected chi connectivity index (χ3v) is 5.53. The largest absolute Gasteiger partial charge is 0.372 e. The van der Waals surface area contributed by atoms with Crippen LogP contribution in [-0.4, -0.2) is 55.0 Å². The number of hydrogen-bond donors (Lipinski definition) is 1. The molecule has 0 bridgehead atoms. The molecule has 7 nitrogen and oxygen atoms in total. The zero-order chi connectivity index (χ0) is 20.1. The maximum atomic E-state index is 12.7. The number of amides is 3. The van der Waals surface area contributed by atoms with Crippen molar-refractivity contribution in [2.24, 2.45) is 5.92 Å². The summed E-state index contributed by atoms with van der Waals surface area (Å²) >= 11 is 0. The fourth-order valence-corrected chi connectivity index (χ4v) is 3.88. The lowest BCUT2D eigenvalue weighted by atomic mass is 9.95. The van der Waals surface area contributed by atoms with Crippen molar-refractivity contribution < 1.29 is 19.1 Å². The predicted octanol–water partition coefficient (Wildman–Crippen LogP) is 2.42. The smallest absolute Gasteiger partial charge is 0.248 e. The van der Waals surface area contributed by atoms with Crippen LogP contribution in [0.2, 0.25) is 0 Å². The van der Waals surface area contributed by atoms with Crippen molar-refractivity contribution in [3.8, 4) is 0 Å². The molecule has 1 aromatic carbocycles. The molecular formula is C21H29N3O4. The Morgan fingerprint density at radius 1 is 1.21 bits per heavy atom. The molecule has 1 atom stereocenters. The number of ether oxygens (including phenoxy) is 1. The first kappa shape index (κ1) is 20.3. The Bertz CT molecular complexity index is 728. The summed E-state index contributed by atoms with van der Waals surface area (Å²) in [6.07, 6.45) is 2.71. The Hall–Kier alpha value is -2.41. The summed E-state index contributed by atoms with van der Waals surface area (Å²) in [7, 11) is 0. The first-order chi connectivity index (χ1) is 13.5. The highest BCUT2D eigenvalue weighted by Gasteiger charge is 2.30. The van der Waals surface area contributed by atoms with E-state index < -0.39 is 0 Å². The van der Waals surface area contributed by atoms with Gasteiger partial charge in [0.05, 0.1) is 0 Å². The van der Waals surface area contributed by atoms with Crippen molar-refractivity contribution in [2.45, 2.75) is 45.6 Å². The zero-order valence-electron chi connectivity index (χ0n) is 16.6. The van der Waals surface area contributed by atoms with E-state index in [0.29, 0.717) is 44.6 Å². The molecule has 1 N–H and O–H groups in total. The third kappa shape index (κ3) is 4.70. The molecule has 2 aliphatic heterocycles. The SMILES string of the molecule is CCOCC(=O)N1CCC(C(=O)Nc2cccc(N3C(=O)CCC3C)c2)CC1. The second kappa shape index (κ2) is 9.19. The third-order valence-electron chi connectivity index (χ3n) is 5.53. The van der Waals surface area contributed by atoms with Crippen LogP contribution in [0.5, 0.6) is 0 Å². The van der Waals surface area contributed by atoms with E-state index in [1.54, 1.807) is 9.80 Å².